The maximum atomic E-state index is 6.46. The van der Waals surface area contributed by atoms with Crippen LogP contribution in [0.15, 0.2) is 23.6 Å². The third-order valence-corrected chi connectivity index (χ3v) is 5.06. The number of anilines is 1. The summed E-state index contributed by atoms with van der Waals surface area (Å²) in [4.78, 5) is 7.01. The van der Waals surface area contributed by atoms with Gasteiger partial charge in [-0.25, -0.2) is 4.98 Å². The van der Waals surface area contributed by atoms with Crippen LogP contribution in [-0.4, -0.2) is 18.1 Å². The lowest BCUT2D eigenvalue weighted by atomic mass is 9.98. The minimum absolute atomic E-state index is 0.0911. The molecule has 0 aliphatic rings. The Balaban J connectivity index is 2.34. The van der Waals surface area contributed by atoms with E-state index in [9.17, 15) is 0 Å². The van der Waals surface area contributed by atoms with E-state index in [0.29, 0.717) is 0 Å². The van der Waals surface area contributed by atoms with E-state index in [4.69, 9.17) is 16.6 Å². The topological polar surface area (TPSA) is 16.1 Å². The van der Waals surface area contributed by atoms with Crippen LogP contribution in [-0.2, 0) is 5.41 Å². The van der Waals surface area contributed by atoms with Crippen molar-refractivity contribution in [1.29, 1.82) is 0 Å². The molecule has 4 heteroatoms. The number of hydrogen-bond donors (Lipinski definition) is 0. The highest BCUT2D eigenvalue weighted by Crippen LogP contribution is 2.34. The van der Waals surface area contributed by atoms with Gasteiger partial charge in [-0.05, 0) is 26.0 Å². The van der Waals surface area contributed by atoms with Gasteiger partial charge in [0.05, 0.1) is 21.4 Å². The smallest absolute Gasteiger partial charge is 0.0986 e. The van der Waals surface area contributed by atoms with Crippen LogP contribution in [0.3, 0.4) is 0 Å². The molecule has 0 unspecified atom stereocenters. The Hall–Kier alpha value is -1.06. The molecule has 21 heavy (non-hydrogen) atoms. The summed E-state index contributed by atoms with van der Waals surface area (Å²) in [5.74, 6) is 0. The highest BCUT2D eigenvalue weighted by atomic mass is 35.5. The fraction of sp³-hybridized carbons (Fsp3) is 0.471. The van der Waals surface area contributed by atoms with Crippen LogP contribution >= 0.6 is 22.9 Å². The second-order valence-electron chi connectivity index (χ2n) is 6.13. The van der Waals surface area contributed by atoms with Gasteiger partial charge >= 0.3 is 0 Å². The molecule has 0 saturated heterocycles. The molecule has 0 amide bonds. The largest absolute Gasteiger partial charge is 0.371 e. The molecule has 0 aliphatic heterocycles. The normalized spacial score (nSPS) is 11.7. The van der Waals surface area contributed by atoms with E-state index < -0.39 is 0 Å². The van der Waals surface area contributed by atoms with Gasteiger partial charge in [0.1, 0.15) is 0 Å². The van der Waals surface area contributed by atoms with Crippen LogP contribution in [0.4, 0.5) is 5.69 Å². The fourth-order valence-corrected chi connectivity index (χ4v) is 3.45. The van der Waals surface area contributed by atoms with Crippen LogP contribution in [0.25, 0.3) is 11.3 Å². The first-order valence-electron chi connectivity index (χ1n) is 7.37. The lowest BCUT2D eigenvalue weighted by molar-refractivity contribution is 0.586. The molecule has 0 aliphatic carbocycles. The molecule has 0 bridgehead atoms. The SMILES string of the molecule is CCN(CC)c1ccc(-c2csc(C(C)(C)C)n2)cc1Cl. The van der Waals surface area contributed by atoms with Crippen molar-refractivity contribution < 1.29 is 0 Å². The van der Waals surface area contributed by atoms with Gasteiger partial charge in [-0.15, -0.1) is 11.3 Å². The third kappa shape index (κ3) is 3.58. The van der Waals surface area contributed by atoms with Gasteiger partial charge in [0.2, 0.25) is 0 Å². The molecule has 0 saturated carbocycles. The van der Waals surface area contributed by atoms with Gasteiger partial charge < -0.3 is 4.90 Å². The summed E-state index contributed by atoms with van der Waals surface area (Å²) in [6, 6.07) is 6.23. The quantitative estimate of drug-likeness (QED) is 0.727. The molecule has 1 heterocycles. The van der Waals surface area contributed by atoms with Gasteiger partial charge in [0.15, 0.2) is 0 Å². The van der Waals surface area contributed by atoms with Crippen molar-refractivity contribution in [2.24, 2.45) is 0 Å². The molecule has 0 spiro atoms. The van der Waals surface area contributed by atoms with Crippen LogP contribution in [0.5, 0.6) is 0 Å². The second-order valence-corrected chi connectivity index (χ2v) is 7.39. The zero-order valence-electron chi connectivity index (χ0n) is 13.4. The number of nitrogens with zero attached hydrogens (tertiary/aromatic N) is 2. The summed E-state index contributed by atoms with van der Waals surface area (Å²) in [6.07, 6.45) is 0. The number of thiazole rings is 1. The lowest BCUT2D eigenvalue weighted by Crippen LogP contribution is -2.22. The van der Waals surface area contributed by atoms with E-state index in [1.165, 1.54) is 0 Å². The van der Waals surface area contributed by atoms with Gasteiger partial charge in [0, 0.05) is 29.4 Å². The number of halogens is 1. The Kier molecular flexibility index (Phi) is 4.95. The molecular formula is C17H23ClN2S. The standard InChI is InChI=1S/C17H23ClN2S/c1-6-20(7-2)15-9-8-12(10-13(15)18)14-11-21-16(19-14)17(3,4)5/h8-11H,6-7H2,1-5H3. The summed E-state index contributed by atoms with van der Waals surface area (Å²) in [6.45, 7) is 12.8. The lowest BCUT2D eigenvalue weighted by Gasteiger charge is -2.22. The van der Waals surface area contributed by atoms with Crippen LogP contribution < -0.4 is 4.90 Å². The average Bonchev–Trinajstić information content (AvgIpc) is 2.91. The summed E-state index contributed by atoms with van der Waals surface area (Å²) in [5, 5.41) is 4.06. The number of rotatable bonds is 4. The summed E-state index contributed by atoms with van der Waals surface area (Å²) in [5.41, 5.74) is 3.28. The molecule has 1 aromatic carbocycles. The number of aromatic nitrogens is 1. The van der Waals surface area contributed by atoms with Crippen molar-refractivity contribution in [3.8, 4) is 11.3 Å². The molecule has 2 aromatic rings. The Labute approximate surface area is 136 Å². The molecule has 2 nitrogen and oxygen atoms in total. The maximum Gasteiger partial charge on any atom is 0.0986 e. The summed E-state index contributed by atoms with van der Waals surface area (Å²) < 4.78 is 0. The van der Waals surface area contributed by atoms with E-state index in [1.54, 1.807) is 11.3 Å². The maximum absolute atomic E-state index is 6.46. The predicted molar refractivity (Wildman–Crippen MR) is 94.8 cm³/mol. The molecule has 0 N–H and O–H groups in total. The molecule has 0 fully saturated rings. The van der Waals surface area contributed by atoms with Crippen molar-refractivity contribution in [3.63, 3.8) is 0 Å². The van der Waals surface area contributed by atoms with Gasteiger partial charge in [-0.1, -0.05) is 38.4 Å². The first-order valence-corrected chi connectivity index (χ1v) is 8.63. The minimum Gasteiger partial charge on any atom is -0.371 e. The first kappa shape index (κ1) is 16.3. The van der Waals surface area contributed by atoms with Gasteiger partial charge in [-0.2, -0.15) is 0 Å². The molecular weight excluding hydrogens is 300 g/mol. The molecule has 1 aromatic heterocycles. The minimum atomic E-state index is 0.0911. The van der Waals surface area contributed by atoms with Crippen LogP contribution in [0.1, 0.15) is 39.6 Å². The van der Waals surface area contributed by atoms with Crippen LogP contribution in [0.2, 0.25) is 5.02 Å². The molecule has 114 valence electrons. The van der Waals surface area contributed by atoms with E-state index in [-0.39, 0.29) is 5.41 Å². The number of benzene rings is 1. The predicted octanol–water partition coefficient (Wildman–Crippen LogP) is 5.61. The molecule has 0 atom stereocenters. The van der Waals surface area contributed by atoms with Crippen molar-refractivity contribution in [1.82, 2.24) is 4.98 Å². The zero-order valence-corrected chi connectivity index (χ0v) is 15.0. The molecule has 0 radical (unpaired) electrons. The van der Waals surface area contributed by atoms with Crippen molar-refractivity contribution in [2.75, 3.05) is 18.0 Å². The van der Waals surface area contributed by atoms with Gasteiger partial charge in [0.25, 0.3) is 0 Å². The highest BCUT2D eigenvalue weighted by Gasteiger charge is 2.19. The van der Waals surface area contributed by atoms with Crippen LogP contribution in [0, 0.1) is 0 Å². The third-order valence-electron chi connectivity index (χ3n) is 3.49. The summed E-state index contributed by atoms with van der Waals surface area (Å²) >= 11 is 8.17. The summed E-state index contributed by atoms with van der Waals surface area (Å²) in [7, 11) is 0. The monoisotopic (exact) mass is 322 g/mol. The van der Waals surface area contributed by atoms with Crippen molar-refractivity contribution >= 4 is 28.6 Å². The fourth-order valence-electron chi connectivity index (χ4n) is 2.24. The second kappa shape index (κ2) is 6.37. The Morgan fingerprint density at radius 2 is 1.86 bits per heavy atom. The Bertz CT molecular complexity index is 609. The van der Waals surface area contributed by atoms with E-state index in [1.807, 2.05) is 6.07 Å². The van der Waals surface area contributed by atoms with Crippen molar-refractivity contribution in [3.05, 3.63) is 33.6 Å². The first-order chi connectivity index (χ1) is 9.86. The van der Waals surface area contributed by atoms with E-state index in [0.717, 1.165) is 40.1 Å². The average molecular weight is 323 g/mol. The Morgan fingerprint density at radius 1 is 1.19 bits per heavy atom. The highest BCUT2D eigenvalue weighted by molar-refractivity contribution is 7.10. The van der Waals surface area contributed by atoms with E-state index >= 15 is 0 Å². The van der Waals surface area contributed by atoms with Gasteiger partial charge in [-0.3, -0.25) is 0 Å². The number of hydrogen-bond acceptors (Lipinski definition) is 3. The zero-order chi connectivity index (χ0) is 15.6. The molecule has 2 rings (SSSR count). The van der Waals surface area contributed by atoms with E-state index in [2.05, 4.69) is 57.0 Å². The van der Waals surface area contributed by atoms with Crippen molar-refractivity contribution in [2.45, 2.75) is 40.0 Å². The Morgan fingerprint density at radius 3 is 2.33 bits per heavy atom.